The number of amides is 1. The van der Waals surface area contributed by atoms with Gasteiger partial charge < -0.3 is 14.4 Å². The minimum absolute atomic E-state index is 0.136. The van der Waals surface area contributed by atoms with Crippen LogP contribution >= 0.6 is 0 Å². The fourth-order valence-electron chi connectivity index (χ4n) is 3.02. The molecule has 1 heterocycles. The Morgan fingerprint density at radius 1 is 1.21 bits per heavy atom. The predicted octanol–water partition coefficient (Wildman–Crippen LogP) is 2.83. The van der Waals surface area contributed by atoms with Crippen molar-refractivity contribution in [3.63, 3.8) is 0 Å². The first-order chi connectivity index (χ1) is 13.6. The number of hydrogen-bond donors (Lipinski definition) is 1. The first-order valence-corrected chi connectivity index (χ1v) is 9.78. The van der Waals surface area contributed by atoms with Gasteiger partial charge in [-0.25, -0.2) is 9.59 Å². The summed E-state index contributed by atoms with van der Waals surface area (Å²) in [6, 6.07) is 5.32. The Kier molecular flexibility index (Phi) is 7.59. The lowest BCUT2D eigenvalue weighted by Crippen LogP contribution is -2.44. The quantitative estimate of drug-likeness (QED) is 0.757. The van der Waals surface area contributed by atoms with E-state index in [0.717, 1.165) is 31.7 Å². The van der Waals surface area contributed by atoms with Crippen molar-refractivity contribution in [1.82, 2.24) is 9.80 Å². The summed E-state index contributed by atoms with van der Waals surface area (Å²) in [7, 11) is 2.08. The third kappa shape index (κ3) is 6.73. The summed E-state index contributed by atoms with van der Waals surface area (Å²) in [5.74, 6) is -0.596. The van der Waals surface area contributed by atoms with Gasteiger partial charge in [-0.05, 0) is 52.4 Å². The summed E-state index contributed by atoms with van der Waals surface area (Å²) in [6.07, 6.45) is -0.668. The number of likely N-dealkylation sites (N-methyl/N-ethyl adjacent to an activating group) is 1. The van der Waals surface area contributed by atoms with E-state index >= 15 is 0 Å². The molecule has 1 aliphatic heterocycles. The highest BCUT2D eigenvalue weighted by atomic mass is 16.6. The molecule has 1 aromatic carbocycles. The summed E-state index contributed by atoms with van der Waals surface area (Å²) >= 11 is 0. The van der Waals surface area contributed by atoms with Crippen LogP contribution < -0.4 is 5.32 Å². The number of piperazine rings is 1. The number of esters is 1. The Hall–Kier alpha value is -2.63. The monoisotopic (exact) mass is 402 g/mol. The van der Waals surface area contributed by atoms with Gasteiger partial charge in [0.05, 0.1) is 29.5 Å². The highest BCUT2D eigenvalue weighted by molar-refractivity contribution is 6.00. The van der Waals surface area contributed by atoms with Crippen LogP contribution in [0.4, 0.5) is 10.5 Å². The highest BCUT2D eigenvalue weighted by Gasteiger charge is 2.23. The number of nitrogens with zero attached hydrogens (tertiary/aromatic N) is 3. The summed E-state index contributed by atoms with van der Waals surface area (Å²) in [6.45, 7) is 11.4. The van der Waals surface area contributed by atoms with Gasteiger partial charge in [0.15, 0.2) is 0 Å². The van der Waals surface area contributed by atoms with Crippen molar-refractivity contribution in [2.24, 2.45) is 0 Å². The van der Waals surface area contributed by atoms with E-state index in [0.29, 0.717) is 12.1 Å². The predicted molar refractivity (Wildman–Crippen MR) is 110 cm³/mol. The molecule has 0 saturated carbocycles. The van der Waals surface area contributed by atoms with Crippen LogP contribution in [0.15, 0.2) is 12.1 Å². The molecular formula is C21H30N4O4. The lowest BCUT2D eigenvalue weighted by molar-refractivity contribution is 0.0527. The number of benzene rings is 1. The normalized spacial score (nSPS) is 15.4. The second-order valence-corrected chi connectivity index (χ2v) is 8.09. The third-order valence-electron chi connectivity index (χ3n) is 4.48. The minimum atomic E-state index is -0.677. The SMILES string of the molecule is CCOC(=O)c1cc(C#N)c(CN2CCN(C)CC2)cc1NC(=O)OC(C)(C)C. The minimum Gasteiger partial charge on any atom is -0.462 e. The molecule has 1 aliphatic rings. The van der Waals surface area contributed by atoms with Gasteiger partial charge in [0, 0.05) is 32.7 Å². The second-order valence-electron chi connectivity index (χ2n) is 8.09. The zero-order valence-electron chi connectivity index (χ0n) is 17.9. The molecule has 0 atom stereocenters. The van der Waals surface area contributed by atoms with Crippen LogP contribution in [0.2, 0.25) is 0 Å². The van der Waals surface area contributed by atoms with Crippen molar-refractivity contribution in [3.05, 3.63) is 28.8 Å². The Morgan fingerprint density at radius 3 is 2.41 bits per heavy atom. The number of ether oxygens (including phenoxy) is 2. The van der Waals surface area contributed by atoms with E-state index in [1.807, 2.05) is 0 Å². The van der Waals surface area contributed by atoms with Crippen molar-refractivity contribution >= 4 is 17.7 Å². The lowest BCUT2D eigenvalue weighted by Gasteiger charge is -2.32. The van der Waals surface area contributed by atoms with Gasteiger partial charge in [0.2, 0.25) is 0 Å². The first kappa shape index (κ1) is 22.7. The molecule has 1 saturated heterocycles. The van der Waals surface area contributed by atoms with Crippen molar-refractivity contribution in [1.29, 1.82) is 5.26 Å². The van der Waals surface area contributed by atoms with Crippen LogP contribution in [0, 0.1) is 11.3 Å². The van der Waals surface area contributed by atoms with E-state index in [4.69, 9.17) is 9.47 Å². The Labute approximate surface area is 172 Å². The molecule has 1 fully saturated rings. The Balaban J connectivity index is 2.34. The van der Waals surface area contributed by atoms with Crippen molar-refractivity contribution in [2.75, 3.05) is 45.2 Å². The number of carbonyl (C=O) groups is 2. The van der Waals surface area contributed by atoms with Gasteiger partial charge in [-0.15, -0.1) is 0 Å². The number of carbonyl (C=O) groups excluding carboxylic acids is 2. The molecule has 29 heavy (non-hydrogen) atoms. The topological polar surface area (TPSA) is 94.9 Å². The number of hydrogen-bond acceptors (Lipinski definition) is 7. The van der Waals surface area contributed by atoms with Crippen molar-refractivity contribution in [3.8, 4) is 6.07 Å². The van der Waals surface area contributed by atoms with Crippen LogP contribution in [0.3, 0.4) is 0 Å². The average Bonchev–Trinajstić information content (AvgIpc) is 2.62. The van der Waals surface area contributed by atoms with Gasteiger partial charge in [-0.2, -0.15) is 5.26 Å². The number of nitriles is 1. The zero-order chi connectivity index (χ0) is 21.6. The average molecular weight is 402 g/mol. The number of anilines is 1. The molecule has 1 aromatic rings. The maximum absolute atomic E-state index is 12.4. The van der Waals surface area contributed by atoms with Gasteiger partial charge in [-0.1, -0.05) is 0 Å². The molecular weight excluding hydrogens is 372 g/mol. The Morgan fingerprint density at radius 2 is 1.86 bits per heavy atom. The van der Waals surface area contributed by atoms with E-state index in [1.54, 1.807) is 33.8 Å². The van der Waals surface area contributed by atoms with E-state index in [2.05, 4.69) is 28.2 Å². The maximum Gasteiger partial charge on any atom is 0.412 e. The summed E-state index contributed by atoms with van der Waals surface area (Å²) in [5, 5.41) is 12.3. The largest absolute Gasteiger partial charge is 0.462 e. The standard InChI is InChI=1S/C21H30N4O4/c1-6-28-19(26)17-11-15(13-22)16(14-25-9-7-24(5)8-10-25)12-18(17)23-20(27)29-21(2,3)4/h11-12H,6-10,14H2,1-5H3,(H,23,27). The van der Waals surface area contributed by atoms with Crippen molar-refractivity contribution < 1.29 is 19.1 Å². The summed E-state index contributed by atoms with van der Waals surface area (Å²) in [5.41, 5.74) is 0.874. The molecule has 2 rings (SSSR count). The van der Waals surface area contributed by atoms with Crippen molar-refractivity contribution in [2.45, 2.75) is 39.8 Å². The van der Waals surface area contributed by atoms with Gasteiger partial charge in [0.25, 0.3) is 0 Å². The molecule has 0 radical (unpaired) electrons. The first-order valence-electron chi connectivity index (χ1n) is 9.78. The Bertz CT molecular complexity index is 787. The van der Waals surface area contributed by atoms with Gasteiger partial charge in [0.1, 0.15) is 5.60 Å². The molecule has 0 unspecified atom stereocenters. The third-order valence-corrected chi connectivity index (χ3v) is 4.48. The van der Waals surface area contributed by atoms with Crippen LogP contribution in [0.5, 0.6) is 0 Å². The second kappa shape index (κ2) is 9.72. The van der Waals surface area contributed by atoms with Gasteiger partial charge >= 0.3 is 12.1 Å². The fraction of sp³-hybridized carbons (Fsp3) is 0.571. The molecule has 8 nitrogen and oxygen atoms in total. The molecule has 0 bridgehead atoms. The summed E-state index contributed by atoms with van der Waals surface area (Å²) < 4.78 is 10.4. The fourth-order valence-corrected chi connectivity index (χ4v) is 3.02. The molecule has 0 aliphatic carbocycles. The molecule has 1 N–H and O–H groups in total. The summed E-state index contributed by atoms with van der Waals surface area (Å²) in [4.78, 5) is 29.2. The maximum atomic E-state index is 12.4. The van der Waals surface area contributed by atoms with Crippen LogP contribution in [0.1, 0.15) is 49.2 Å². The van der Waals surface area contributed by atoms with E-state index in [9.17, 15) is 14.9 Å². The molecule has 0 aromatic heterocycles. The molecule has 8 heteroatoms. The lowest BCUT2D eigenvalue weighted by atomic mass is 10.0. The molecule has 1 amide bonds. The smallest absolute Gasteiger partial charge is 0.412 e. The number of rotatable bonds is 5. The molecule has 158 valence electrons. The van der Waals surface area contributed by atoms with Crippen LogP contribution in [0.25, 0.3) is 0 Å². The van der Waals surface area contributed by atoms with Gasteiger partial charge in [-0.3, -0.25) is 10.2 Å². The zero-order valence-corrected chi connectivity index (χ0v) is 17.9. The molecule has 0 spiro atoms. The van der Waals surface area contributed by atoms with E-state index < -0.39 is 17.7 Å². The number of nitrogens with one attached hydrogen (secondary N) is 1. The highest BCUT2D eigenvalue weighted by Crippen LogP contribution is 2.25. The van der Waals surface area contributed by atoms with E-state index in [1.165, 1.54) is 6.07 Å². The van der Waals surface area contributed by atoms with E-state index in [-0.39, 0.29) is 17.9 Å². The van der Waals surface area contributed by atoms with Crippen LogP contribution in [-0.4, -0.2) is 67.3 Å². The van der Waals surface area contributed by atoms with Crippen LogP contribution in [-0.2, 0) is 16.0 Å².